The molecule has 1 nitrogen and oxygen atoms in total. The molecule has 0 radical (unpaired) electrons. The van der Waals surface area contributed by atoms with E-state index in [0.29, 0.717) is 0 Å². The average molecular weight is 326 g/mol. The lowest BCUT2D eigenvalue weighted by Crippen LogP contribution is -2.27. The van der Waals surface area contributed by atoms with Crippen molar-refractivity contribution in [2.24, 2.45) is 11.8 Å². The molecule has 0 aliphatic heterocycles. The Morgan fingerprint density at radius 1 is 0.522 bits per heavy atom. The minimum Gasteiger partial charge on any atom is -0.303 e. The monoisotopic (exact) mass is 325 g/mol. The van der Waals surface area contributed by atoms with Gasteiger partial charge in [0.25, 0.3) is 0 Å². The molecule has 0 aromatic rings. The Labute approximate surface area is 148 Å². The predicted molar refractivity (Wildman–Crippen MR) is 107 cm³/mol. The molecule has 0 aromatic carbocycles. The molecule has 0 aromatic heterocycles. The Kier molecular flexibility index (Phi) is 16.8. The van der Waals surface area contributed by atoms with Gasteiger partial charge in [0.2, 0.25) is 0 Å². The summed E-state index contributed by atoms with van der Waals surface area (Å²) in [6.07, 6.45) is 17.0. The van der Waals surface area contributed by atoms with E-state index in [0.717, 1.165) is 11.8 Å². The largest absolute Gasteiger partial charge is 0.303 e. The maximum atomic E-state index is 2.75. The zero-order chi connectivity index (χ0) is 17.3. The van der Waals surface area contributed by atoms with E-state index in [-0.39, 0.29) is 0 Å². The lowest BCUT2D eigenvalue weighted by atomic mass is 10.1. The highest BCUT2D eigenvalue weighted by Gasteiger charge is 2.06. The van der Waals surface area contributed by atoms with Crippen LogP contribution in [0.1, 0.15) is 112 Å². The second kappa shape index (κ2) is 16.8. The van der Waals surface area contributed by atoms with E-state index in [1.807, 2.05) is 0 Å². The summed E-state index contributed by atoms with van der Waals surface area (Å²) in [6.45, 7) is 15.7. The summed E-state index contributed by atoms with van der Waals surface area (Å²) in [7, 11) is 0. The fourth-order valence-electron chi connectivity index (χ4n) is 3.25. The molecule has 0 unspecified atom stereocenters. The van der Waals surface area contributed by atoms with Crippen LogP contribution in [0.3, 0.4) is 0 Å². The average Bonchev–Trinajstić information content (AvgIpc) is 2.48. The van der Waals surface area contributed by atoms with Gasteiger partial charge >= 0.3 is 0 Å². The molecule has 1 heteroatoms. The van der Waals surface area contributed by atoms with Gasteiger partial charge in [-0.05, 0) is 63.6 Å². The van der Waals surface area contributed by atoms with Gasteiger partial charge in [-0.2, -0.15) is 0 Å². The van der Waals surface area contributed by atoms with Gasteiger partial charge < -0.3 is 4.90 Å². The number of rotatable bonds is 17. The smallest absolute Gasteiger partial charge is 0.00186 e. The van der Waals surface area contributed by atoms with Gasteiger partial charge in [0.05, 0.1) is 0 Å². The molecule has 0 aliphatic rings. The molecule has 0 heterocycles. The van der Waals surface area contributed by atoms with Crippen LogP contribution in [0.5, 0.6) is 0 Å². The minimum atomic E-state index is 0.857. The van der Waals surface area contributed by atoms with E-state index in [1.165, 1.54) is 96.7 Å². The zero-order valence-electron chi connectivity index (χ0n) is 17.2. The molecular formula is C22H47N. The van der Waals surface area contributed by atoms with Crippen LogP contribution in [0, 0.1) is 11.8 Å². The molecule has 0 amide bonds. The van der Waals surface area contributed by atoms with Crippen molar-refractivity contribution in [3.05, 3.63) is 0 Å². The number of hydrogen-bond acceptors (Lipinski definition) is 1. The minimum absolute atomic E-state index is 0.857. The van der Waals surface area contributed by atoms with Gasteiger partial charge in [0.15, 0.2) is 0 Å². The third-order valence-electron chi connectivity index (χ3n) is 4.84. The highest BCUT2D eigenvalue weighted by molar-refractivity contribution is 4.61. The summed E-state index contributed by atoms with van der Waals surface area (Å²) in [4.78, 5) is 2.75. The van der Waals surface area contributed by atoms with Gasteiger partial charge in [-0.3, -0.25) is 0 Å². The molecule has 0 atom stereocenters. The van der Waals surface area contributed by atoms with Crippen LogP contribution in [0.2, 0.25) is 0 Å². The second-order valence-corrected chi connectivity index (χ2v) is 8.39. The van der Waals surface area contributed by atoms with Gasteiger partial charge in [-0.15, -0.1) is 0 Å². The molecule has 0 bridgehead atoms. The lowest BCUT2D eigenvalue weighted by Gasteiger charge is -2.23. The Bertz CT molecular complexity index is 208. The first kappa shape index (κ1) is 23.0. The van der Waals surface area contributed by atoms with Crippen LogP contribution in [-0.4, -0.2) is 24.5 Å². The fraction of sp³-hybridized carbons (Fsp3) is 1.00. The maximum absolute atomic E-state index is 2.75. The Morgan fingerprint density at radius 2 is 0.913 bits per heavy atom. The fourth-order valence-corrected chi connectivity index (χ4v) is 3.25. The summed E-state index contributed by atoms with van der Waals surface area (Å²) in [6, 6.07) is 0. The quantitative estimate of drug-likeness (QED) is 0.253. The molecule has 0 saturated carbocycles. The van der Waals surface area contributed by atoms with Gasteiger partial charge in [0.1, 0.15) is 0 Å². The van der Waals surface area contributed by atoms with Crippen molar-refractivity contribution >= 4 is 0 Å². The summed E-state index contributed by atoms with van der Waals surface area (Å²) >= 11 is 0. The molecule has 23 heavy (non-hydrogen) atoms. The zero-order valence-corrected chi connectivity index (χ0v) is 17.2. The van der Waals surface area contributed by atoms with Crippen LogP contribution < -0.4 is 0 Å². The number of unbranched alkanes of at least 4 members (excludes halogenated alkanes) is 7. The topological polar surface area (TPSA) is 3.24 Å². The van der Waals surface area contributed by atoms with Crippen molar-refractivity contribution in [1.82, 2.24) is 4.90 Å². The van der Waals surface area contributed by atoms with Crippen LogP contribution >= 0.6 is 0 Å². The highest BCUT2D eigenvalue weighted by Crippen LogP contribution is 2.12. The van der Waals surface area contributed by atoms with Crippen molar-refractivity contribution < 1.29 is 0 Å². The summed E-state index contributed by atoms with van der Waals surface area (Å²) < 4.78 is 0. The first-order chi connectivity index (χ1) is 11.1. The highest BCUT2D eigenvalue weighted by atomic mass is 15.1. The summed E-state index contributed by atoms with van der Waals surface area (Å²) in [5.74, 6) is 1.71. The van der Waals surface area contributed by atoms with E-state index >= 15 is 0 Å². The molecule has 0 fully saturated rings. The Hall–Kier alpha value is -0.0400. The lowest BCUT2D eigenvalue weighted by molar-refractivity contribution is 0.248. The number of nitrogens with zero attached hydrogens (tertiary/aromatic N) is 1. The SMILES string of the molecule is CCCCCCCCCCN(CCCC(C)C)CCCC(C)C. The van der Waals surface area contributed by atoms with Crippen molar-refractivity contribution in [3.63, 3.8) is 0 Å². The standard InChI is InChI=1S/C22H47N/c1-6-7-8-9-10-11-12-13-18-23(19-14-16-21(2)3)20-15-17-22(4)5/h21-22H,6-20H2,1-5H3. The molecule has 0 saturated heterocycles. The van der Waals surface area contributed by atoms with Gasteiger partial charge in [-0.25, -0.2) is 0 Å². The van der Waals surface area contributed by atoms with Crippen molar-refractivity contribution in [1.29, 1.82) is 0 Å². The van der Waals surface area contributed by atoms with Gasteiger partial charge in [-0.1, -0.05) is 79.6 Å². The molecular weight excluding hydrogens is 278 g/mol. The van der Waals surface area contributed by atoms with E-state index in [4.69, 9.17) is 0 Å². The predicted octanol–water partition coefficient (Wildman–Crippen LogP) is 7.30. The summed E-state index contributed by atoms with van der Waals surface area (Å²) in [5.41, 5.74) is 0. The molecule has 0 rings (SSSR count). The van der Waals surface area contributed by atoms with Crippen LogP contribution in [-0.2, 0) is 0 Å². The first-order valence-corrected chi connectivity index (χ1v) is 10.8. The van der Waals surface area contributed by atoms with E-state index < -0.39 is 0 Å². The van der Waals surface area contributed by atoms with E-state index in [2.05, 4.69) is 39.5 Å². The van der Waals surface area contributed by atoms with Crippen LogP contribution in [0.25, 0.3) is 0 Å². The van der Waals surface area contributed by atoms with Gasteiger partial charge in [0, 0.05) is 0 Å². The van der Waals surface area contributed by atoms with E-state index in [9.17, 15) is 0 Å². The normalized spacial score (nSPS) is 12.0. The molecule has 0 N–H and O–H groups in total. The van der Waals surface area contributed by atoms with Crippen LogP contribution in [0.4, 0.5) is 0 Å². The van der Waals surface area contributed by atoms with E-state index in [1.54, 1.807) is 0 Å². The third-order valence-corrected chi connectivity index (χ3v) is 4.84. The molecule has 140 valence electrons. The summed E-state index contributed by atoms with van der Waals surface area (Å²) in [5, 5.41) is 0. The number of hydrogen-bond donors (Lipinski definition) is 0. The van der Waals surface area contributed by atoms with Crippen molar-refractivity contribution in [3.8, 4) is 0 Å². The maximum Gasteiger partial charge on any atom is -0.00186 e. The molecule has 0 spiro atoms. The second-order valence-electron chi connectivity index (χ2n) is 8.39. The third kappa shape index (κ3) is 18.1. The first-order valence-electron chi connectivity index (χ1n) is 10.8. The van der Waals surface area contributed by atoms with Crippen LogP contribution in [0.15, 0.2) is 0 Å². The molecule has 0 aliphatic carbocycles. The Balaban J connectivity index is 3.72. The van der Waals surface area contributed by atoms with Crippen molar-refractivity contribution in [2.75, 3.05) is 19.6 Å². The van der Waals surface area contributed by atoms with Crippen molar-refractivity contribution in [2.45, 2.75) is 112 Å². The Morgan fingerprint density at radius 3 is 1.35 bits per heavy atom.